The van der Waals surface area contributed by atoms with Crippen molar-refractivity contribution in [3.05, 3.63) is 40.2 Å². The third-order valence-electron chi connectivity index (χ3n) is 5.85. The third-order valence-corrected chi connectivity index (χ3v) is 6.89. The molecule has 0 spiro atoms. The SMILES string of the molecule is CCOC(=O)c1nc(NCC(=O)OC(C)(C)C)sc1CC(COc1ccc(C#CCN(C)C)cc1F)OC1CCCCO1. The molecular weight excluding hydrogens is 577 g/mol. The number of anilines is 1. The van der Waals surface area contributed by atoms with Crippen LogP contribution < -0.4 is 10.1 Å². The van der Waals surface area contributed by atoms with Crippen LogP contribution in [0.4, 0.5) is 9.52 Å². The van der Waals surface area contributed by atoms with Crippen molar-refractivity contribution in [1.82, 2.24) is 9.88 Å². The number of carbonyl (C=O) groups excluding carboxylic acids is 2. The Bertz CT molecular complexity index is 1280. The maximum Gasteiger partial charge on any atom is 0.358 e. The predicted molar refractivity (Wildman–Crippen MR) is 162 cm³/mol. The molecule has 0 saturated carbocycles. The van der Waals surface area contributed by atoms with Gasteiger partial charge in [0.25, 0.3) is 0 Å². The zero-order chi connectivity index (χ0) is 31.4. The molecule has 10 nitrogen and oxygen atoms in total. The fourth-order valence-electron chi connectivity index (χ4n) is 4.01. The molecule has 43 heavy (non-hydrogen) atoms. The van der Waals surface area contributed by atoms with Gasteiger partial charge in [0.15, 0.2) is 28.7 Å². The summed E-state index contributed by atoms with van der Waals surface area (Å²) in [5, 5.41) is 3.29. The smallest absolute Gasteiger partial charge is 0.358 e. The van der Waals surface area contributed by atoms with E-state index >= 15 is 0 Å². The van der Waals surface area contributed by atoms with Crippen LogP contribution in [0.3, 0.4) is 0 Å². The van der Waals surface area contributed by atoms with Gasteiger partial charge < -0.3 is 29.0 Å². The van der Waals surface area contributed by atoms with Gasteiger partial charge in [0.1, 0.15) is 18.8 Å². The van der Waals surface area contributed by atoms with Gasteiger partial charge >= 0.3 is 11.9 Å². The van der Waals surface area contributed by atoms with Crippen LogP contribution in [-0.2, 0) is 30.2 Å². The highest BCUT2D eigenvalue weighted by Gasteiger charge is 2.27. The summed E-state index contributed by atoms with van der Waals surface area (Å²) < 4.78 is 43.4. The molecule has 3 rings (SSSR count). The largest absolute Gasteiger partial charge is 0.488 e. The minimum atomic E-state index is -0.631. The van der Waals surface area contributed by atoms with Gasteiger partial charge in [0, 0.05) is 23.5 Å². The molecule has 1 fully saturated rings. The van der Waals surface area contributed by atoms with Crippen LogP contribution in [-0.4, -0.2) is 86.8 Å². The third kappa shape index (κ3) is 12.1. The number of carbonyl (C=O) groups is 2. The normalized spacial score (nSPS) is 15.8. The number of rotatable bonds is 13. The van der Waals surface area contributed by atoms with Gasteiger partial charge in [0.2, 0.25) is 0 Å². The lowest BCUT2D eigenvalue weighted by Gasteiger charge is -2.27. The average molecular weight is 620 g/mol. The summed E-state index contributed by atoms with van der Waals surface area (Å²) in [5.41, 5.74) is 0.0299. The topological polar surface area (TPSA) is 108 Å². The van der Waals surface area contributed by atoms with E-state index in [1.807, 2.05) is 19.0 Å². The van der Waals surface area contributed by atoms with Crippen LogP contribution in [0.1, 0.15) is 67.9 Å². The van der Waals surface area contributed by atoms with Crippen molar-refractivity contribution < 1.29 is 37.7 Å². The van der Waals surface area contributed by atoms with Crippen molar-refractivity contribution in [2.45, 2.75) is 71.4 Å². The Balaban J connectivity index is 1.77. The van der Waals surface area contributed by atoms with Crippen molar-refractivity contribution >= 4 is 28.4 Å². The number of hydrogen-bond acceptors (Lipinski definition) is 11. The minimum Gasteiger partial charge on any atom is -0.488 e. The Morgan fingerprint density at radius 3 is 2.72 bits per heavy atom. The van der Waals surface area contributed by atoms with E-state index in [0.717, 1.165) is 12.8 Å². The van der Waals surface area contributed by atoms with Gasteiger partial charge in [-0.25, -0.2) is 14.2 Å². The van der Waals surface area contributed by atoms with E-state index in [0.29, 0.717) is 35.1 Å². The van der Waals surface area contributed by atoms with Gasteiger partial charge in [-0.15, -0.1) is 11.3 Å². The average Bonchev–Trinajstić information content (AvgIpc) is 3.33. The molecule has 2 unspecified atom stereocenters. The Hall–Kier alpha value is -3.24. The summed E-state index contributed by atoms with van der Waals surface area (Å²) >= 11 is 1.20. The Labute approximate surface area is 257 Å². The van der Waals surface area contributed by atoms with E-state index in [1.54, 1.807) is 39.8 Å². The molecule has 0 amide bonds. The summed E-state index contributed by atoms with van der Waals surface area (Å²) in [7, 11) is 3.82. The highest BCUT2D eigenvalue weighted by atomic mass is 32.1. The fraction of sp³-hybridized carbons (Fsp3) is 0.581. The number of esters is 2. The molecule has 2 aromatic rings. The van der Waals surface area contributed by atoms with Gasteiger partial charge in [-0.3, -0.25) is 9.69 Å². The summed E-state index contributed by atoms with van der Waals surface area (Å²) in [6, 6.07) is 4.58. The van der Waals surface area contributed by atoms with Crippen LogP contribution in [0.5, 0.6) is 5.75 Å². The van der Waals surface area contributed by atoms with Crippen LogP contribution in [0, 0.1) is 17.7 Å². The van der Waals surface area contributed by atoms with E-state index in [9.17, 15) is 14.0 Å². The lowest BCUT2D eigenvalue weighted by molar-refractivity contribution is -0.192. The second-order valence-electron chi connectivity index (χ2n) is 11.2. The Kier molecular flexibility index (Phi) is 13.2. The van der Waals surface area contributed by atoms with Crippen LogP contribution >= 0.6 is 11.3 Å². The molecule has 0 bridgehead atoms. The van der Waals surface area contributed by atoms with Gasteiger partial charge in [0.05, 0.1) is 19.3 Å². The monoisotopic (exact) mass is 619 g/mol. The molecule has 1 N–H and O–H groups in total. The molecule has 2 atom stereocenters. The van der Waals surface area contributed by atoms with E-state index in [1.165, 1.54) is 17.4 Å². The van der Waals surface area contributed by atoms with Crippen molar-refractivity contribution in [3.8, 4) is 17.6 Å². The summed E-state index contributed by atoms with van der Waals surface area (Å²) in [6.45, 7) is 8.23. The second kappa shape index (κ2) is 16.6. The van der Waals surface area contributed by atoms with Crippen LogP contribution in [0.25, 0.3) is 0 Å². The molecule has 1 aromatic carbocycles. The zero-order valence-electron chi connectivity index (χ0n) is 25.8. The molecule has 0 aliphatic carbocycles. The lowest BCUT2D eigenvalue weighted by Crippen LogP contribution is -2.33. The molecule has 12 heteroatoms. The molecular formula is C31H42FN3O7S. The molecule has 1 aromatic heterocycles. The first-order chi connectivity index (χ1) is 20.4. The van der Waals surface area contributed by atoms with E-state index in [4.69, 9.17) is 23.7 Å². The van der Waals surface area contributed by atoms with E-state index in [-0.39, 0.29) is 37.6 Å². The molecule has 2 heterocycles. The van der Waals surface area contributed by atoms with Crippen molar-refractivity contribution in [2.75, 3.05) is 52.3 Å². The maximum atomic E-state index is 14.9. The number of hydrogen-bond donors (Lipinski definition) is 1. The zero-order valence-corrected chi connectivity index (χ0v) is 26.6. The highest BCUT2D eigenvalue weighted by Crippen LogP contribution is 2.28. The molecule has 1 aliphatic rings. The Morgan fingerprint density at radius 1 is 1.28 bits per heavy atom. The number of halogens is 1. The predicted octanol–water partition coefficient (Wildman–Crippen LogP) is 4.66. The fourth-order valence-corrected chi connectivity index (χ4v) is 5.02. The van der Waals surface area contributed by atoms with E-state index in [2.05, 4.69) is 22.1 Å². The van der Waals surface area contributed by atoms with Gasteiger partial charge in [-0.05, 0) is 79.3 Å². The minimum absolute atomic E-state index is 0.0106. The molecule has 1 saturated heterocycles. The van der Waals surface area contributed by atoms with Crippen LogP contribution in [0.2, 0.25) is 0 Å². The van der Waals surface area contributed by atoms with Crippen molar-refractivity contribution in [2.24, 2.45) is 0 Å². The molecule has 0 radical (unpaired) electrons. The molecule has 1 aliphatic heterocycles. The first-order valence-corrected chi connectivity index (χ1v) is 15.2. The number of nitrogens with one attached hydrogen (secondary N) is 1. The number of benzene rings is 1. The van der Waals surface area contributed by atoms with Crippen molar-refractivity contribution in [1.29, 1.82) is 0 Å². The summed E-state index contributed by atoms with van der Waals surface area (Å²) in [4.78, 5) is 31.9. The maximum absolute atomic E-state index is 14.9. The number of thiazole rings is 1. The van der Waals surface area contributed by atoms with Gasteiger partial charge in [-0.1, -0.05) is 11.8 Å². The molecule has 236 valence electrons. The standard InChI is InChI=1S/C31H42FN3O7S/c1-7-38-29(37)28-25(43-30(34-28)33-19-26(36)42-31(2,3)4)18-22(41-27-12-8-9-16-39-27)20-40-24-14-13-21(17-23(24)32)11-10-15-35(5)6/h13-14,17,22,27H,7-9,12,15-16,18-20H2,1-6H3,(H,33,34). The summed E-state index contributed by atoms with van der Waals surface area (Å²) in [6.07, 6.45) is 1.78. The first-order valence-electron chi connectivity index (χ1n) is 14.4. The number of aromatic nitrogens is 1. The van der Waals surface area contributed by atoms with Crippen LogP contribution in [0.15, 0.2) is 18.2 Å². The van der Waals surface area contributed by atoms with E-state index < -0.39 is 35.8 Å². The summed E-state index contributed by atoms with van der Waals surface area (Å²) in [5.74, 6) is 4.40. The number of nitrogens with zero attached hydrogens (tertiary/aromatic N) is 2. The van der Waals surface area contributed by atoms with Crippen molar-refractivity contribution in [3.63, 3.8) is 0 Å². The first kappa shape index (κ1) is 34.3. The quantitative estimate of drug-likeness (QED) is 0.251. The Morgan fingerprint density at radius 2 is 2.07 bits per heavy atom. The number of ether oxygens (including phenoxy) is 5. The second-order valence-corrected chi connectivity index (χ2v) is 12.3. The highest BCUT2D eigenvalue weighted by molar-refractivity contribution is 7.15. The lowest BCUT2D eigenvalue weighted by atomic mass is 10.1. The van der Waals surface area contributed by atoms with Gasteiger partial charge in [-0.2, -0.15) is 0 Å².